The van der Waals surface area contributed by atoms with E-state index < -0.39 is 32.5 Å². The predicted molar refractivity (Wildman–Crippen MR) is 144 cm³/mol. The summed E-state index contributed by atoms with van der Waals surface area (Å²) in [5, 5.41) is 0. The molecule has 0 fully saturated rings. The van der Waals surface area contributed by atoms with Gasteiger partial charge in [0, 0.05) is 12.8 Å². The van der Waals surface area contributed by atoms with Crippen LogP contribution >= 0.6 is 7.82 Å². The van der Waals surface area contributed by atoms with Crippen LogP contribution in [0.3, 0.4) is 0 Å². The lowest BCUT2D eigenvalue weighted by atomic mass is 10.1. The van der Waals surface area contributed by atoms with Crippen LogP contribution in [0.25, 0.3) is 0 Å². The van der Waals surface area contributed by atoms with Gasteiger partial charge in [0.05, 0.1) is 27.7 Å². The molecule has 0 spiro atoms. The third-order valence-corrected chi connectivity index (χ3v) is 6.48. The molecule has 0 rings (SSSR count). The molecule has 0 aliphatic rings. The van der Waals surface area contributed by atoms with Gasteiger partial charge in [0.1, 0.15) is 19.8 Å². The molecule has 0 saturated carbocycles. The van der Waals surface area contributed by atoms with Crippen molar-refractivity contribution in [3.63, 3.8) is 0 Å². The summed E-state index contributed by atoms with van der Waals surface area (Å²) in [7, 11) is 1.15. The second-order valence-corrected chi connectivity index (χ2v) is 11.8. The van der Waals surface area contributed by atoms with E-state index in [2.05, 4.69) is 19.1 Å². The topological polar surface area (TPSA) is 111 Å². The van der Waals surface area contributed by atoms with Crippen molar-refractivity contribution in [3.05, 3.63) is 12.2 Å². The summed E-state index contributed by atoms with van der Waals surface area (Å²) in [5.74, 6) is -0.881. The van der Waals surface area contributed by atoms with Gasteiger partial charge in [-0.1, -0.05) is 64.5 Å². The van der Waals surface area contributed by atoms with Gasteiger partial charge in [-0.2, -0.15) is 0 Å². The number of esters is 2. The Morgan fingerprint density at radius 3 is 2.11 bits per heavy atom. The first-order valence-electron chi connectivity index (χ1n) is 13.9. The van der Waals surface area contributed by atoms with Crippen molar-refractivity contribution in [3.8, 4) is 0 Å². The van der Waals surface area contributed by atoms with E-state index in [1.165, 1.54) is 6.42 Å². The second-order valence-electron chi connectivity index (χ2n) is 10.4. The normalized spacial score (nSPS) is 14.4. The zero-order valence-corrected chi connectivity index (χ0v) is 24.8. The Labute approximate surface area is 225 Å². The third-order valence-electron chi connectivity index (χ3n) is 5.52. The number of nitrogens with zero attached hydrogens (tertiary/aromatic N) is 1. The van der Waals surface area contributed by atoms with Crippen molar-refractivity contribution in [2.75, 3.05) is 47.5 Å². The fourth-order valence-electron chi connectivity index (χ4n) is 3.24. The van der Waals surface area contributed by atoms with Gasteiger partial charge in [-0.15, -0.1) is 0 Å². The van der Waals surface area contributed by atoms with Gasteiger partial charge >= 0.3 is 11.9 Å². The van der Waals surface area contributed by atoms with Gasteiger partial charge in [0.25, 0.3) is 7.82 Å². The van der Waals surface area contributed by atoms with Crippen LogP contribution in [0, 0.1) is 0 Å². The molecular weight excluding hydrogens is 497 g/mol. The number of quaternary nitrogens is 1. The van der Waals surface area contributed by atoms with E-state index in [4.69, 9.17) is 18.5 Å². The van der Waals surface area contributed by atoms with Crippen LogP contribution in [0.4, 0.5) is 0 Å². The first-order chi connectivity index (χ1) is 17.5. The molecule has 0 aromatic rings. The highest BCUT2D eigenvalue weighted by Gasteiger charge is 2.21. The fourth-order valence-corrected chi connectivity index (χ4v) is 3.97. The Hall–Kier alpha value is -1.25. The SMILES string of the molecule is CCC/C=C\CCCCCCCC(=O)OC(COC(=O)CCCCC)COP(=O)([O-])OCC[N+](C)(C)C. The molecule has 2 atom stereocenters. The summed E-state index contributed by atoms with van der Waals surface area (Å²) < 4.78 is 33.1. The molecule has 37 heavy (non-hydrogen) atoms. The van der Waals surface area contributed by atoms with E-state index in [0.29, 0.717) is 23.9 Å². The number of unbranched alkanes of at least 4 members (excludes halogenated alkanes) is 8. The van der Waals surface area contributed by atoms with Crippen LogP contribution in [0.1, 0.15) is 97.3 Å². The van der Waals surface area contributed by atoms with Crippen LogP contribution in [-0.4, -0.2) is 70.0 Å². The maximum absolute atomic E-state index is 12.3. The van der Waals surface area contributed by atoms with Gasteiger partial charge in [-0.05, 0) is 32.1 Å². The minimum absolute atomic E-state index is 0.0316. The Bertz CT molecular complexity index is 678. The molecule has 0 amide bonds. The molecule has 0 heterocycles. The molecule has 9 nitrogen and oxygen atoms in total. The molecule has 0 N–H and O–H groups in total. The molecule has 0 saturated heterocycles. The standard InChI is InChI=1S/C27H52NO8P/c1-6-8-10-11-12-13-14-15-16-18-20-27(30)36-25(23-33-26(29)19-17-9-7-2)24-35-37(31,32)34-22-21-28(3,4)5/h10-11,25H,6-9,12-24H2,1-5H3/b11-10-. The van der Waals surface area contributed by atoms with E-state index in [9.17, 15) is 19.0 Å². The van der Waals surface area contributed by atoms with Crippen molar-refractivity contribution in [2.24, 2.45) is 0 Å². The van der Waals surface area contributed by atoms with Gasteiger partial charge < -0.3 is 27.9 Å². The molecule has 0 radical (unpaired) electrons. The molecule has 10 heteroatoms. The Morgan fingerprint density at radius 1 is 0.811 bits per heavy atom. The lowest BCUT2D eigenvalue weighted by Gasteiger charge is -2.28. The van der Waals surface area contributed by atoms with E-state index in [-0.39, 0.29) is 26.1 Å². The highest BCUT2D eigenvalue weighted by Crippen LogP contribution is 2.38. The number of hydrogen-bond acceptors (Lipinski definition) is 8. The van der Waals surface area contributed by atoms with Crippen LogP contribution in [-0.2, 0) is 32.7 Å². The van der Waals surface area contributed by atoms with E-state index >= 15 is 0 Å². The number of carbonyl (C=O) groups excluding carboxylic acids is 2. The van der Waals surface area contributed by atoms with Crippen LogP contribution in [0.2, 0.25) is 0 Å². The van der Waals surface area contributed by atoms with Gasteiger partial charge in [0.2, 0.25) is 0 Å². The largest absolute Gasteiger partial charge is 0.756 e. The number of allylic oxidation sites excluding steroid dienone is 2. The van der Waals surface area contributed by atoms with Crippen molar-refractivity contribution in [1.29, 1.82) is 0 Å². The highest BCUT2D eigenvalue weighted by atomic mass is 31.2. The Kier molecular flexibility index (Phi) is 20.9. The number of rotatable bonds is 24. The predicted octanol–water partition coefficient (Wildman–Crippen LogP) is 5.32. The lowest BCUT2D eigenvalue weighted by molar-refractivity contribution is -0.870. The summed E-state index contributed by atoms with van der Waals surface area (Å²) >= 11 is 0. The molecule has 2 unspecified atom stereocenters. The van der Waals surface area contributed by atoms with Crippen molar-refractivity contribution in [1.82, 2.24) is 0 Å². The van der Waals surface area contributed by atoms with Crippen molar-refractivity contribution >= 4 is 19.8 Å². The van der Waals surface area contributed by atoms with Gasteiger partial charge in [-0.3, -0.25) is 14.2 Å². The summed E-state index contributed by atoms with van der Waals surface area (Å²) in [5.41, 5.74) is 0. The number of likely N-dealkylation sites (N-methyl/N-ethyl adjacent to an activating group) is 1. The Balaban J connectivity index is 4.52. The number of ether oxygens (including phenoxy) is 2. The average molecular weight is 550 g/mol. The molecule has 0 aliphatic heterocycles. The quantitative estimate of drug-likeness (QED) is 0.0523. The zero-order valence-electron chi connectivity index (χ0n) is 23.9. The van der Waals surface area contributed by atoms with E-state index in [1.807, 2.05) is 28.1 Å². The molecule has 0 aliphatic carbocycles. The zero-order chi connectivity index (χ0) is 28.0. The summed E-state index contributed by atoms with van der Waals surface area (Å²) in [6.07, 6.45) is 14.8. The minimum Gasteiger partial charge on any atom is -0.756 e. The highest BCUT2D eigenvalue weighted by molar-refractivity contribution is 7.45. The van der Waals surface area contributed by atoms with Crippen molar-refractivity contribution < 1.29 is 42.1 Å². The number of hydrogen-bond donors (Lipinski definition) is 0. The molecule has 0 aromatic heterocycles. The maximum atomic E-state index is 12.3. The monoisotopic (exact) mass is 549 g/mol. The van der Waals surface area contributed by atoms with Gasteiger partial charge in [-0.25, -0.2) is 0 Å². The number of phosphoric ester groups is 1. The van der Waals surface area contributed by atoms with Crippen LogP contribution in [0.5, 0.6) is 0 Å². The first kappa shape index (κ1) is 35.8. The van der Waals surface area contributed by atoms with E-state index in [1.54, 1.807) is 0 Å². The van der Waals surface area contributed by atoms with Crippen LogP contribution < -0.4 is 4.89 Å². The smallest absolute Gasteiger partial charge is 0.306 e. The second kappa shape index (κ2) is 21.7. The fraction of sp³-hybridized carbons (Fsp3) is 0.852. The summed E-state index contributed by atoms with van der Waals surface area (Å²) in [6, 6.07) is 0. The Morgan fingerprint density at radius 2 is 1.43 bits per heavy atom. The number of carbonyl (C=O) groups is 2. The molecule has 0 bridgehead atoms. The lowest BCUT2D eigenvalue weighted by Crippen LogP contribution is -2.37. The van der Waals surface area contributed by atoms with Gasteiger partial charge in [0.15, 0.2) is 6.10 Å². The van der Waals surface area contributed by atoms with E-state index in [0.717, 1.165) is 51.4 Å². The maximum Gasteiger partial charge on any atom is 0.306 e. The molecule has 218 valence electrons. The minimum atomic E-state index is -4.59. The van der Waals surface area contributed by atoms with Crippen LogP contribution in [0.15, 0.2) is 12.2 Å². The van der Waals surface area contributed by atoms with Crippen molar-refractivity contribution in [2.45, 2.75) is 103 Å². The first-order valence-corrected chi connectivity index (χ1v) is 15.4. The molecule has 0 aromatic carbocycles. The third kappa shape index (κ3) is 24.8. The summed E-state index contributed by atoms with van der Waals surface area (Å²) in [6.45, 7) is 3.91. The average Bonchev–Trinajstić information content (AvgIpc) is 2.81. The summed E-state index contributed by atoms with van der Waals surface area (Å²) in [4.78, 5) is 36.4. The molecular formula is C27H52NO8P. The number of phosphoric acid groups is 1.